The van der Waals surface area contributed by atoms with Crippen molar-refractivity contribution in [3.8, 4) is 5.75 Å². The monoisotopic (exact) mass is 457 g/mol. The summed E-state index contributed by atoms with van der Waals surface area (Å²) in [4.78, 5) is 47.9. The fourth-order valence-corrected chi connectivity index (χ4v) is 3.09. The quantitative estimate of drug-likeness (QED) is 0.265. The number of hydrogen-bond donors (Lipinski definition) is 6. The van der Waals surface area contributed by atoms with Crippen molar-refractivity contribution in [3.63, 3.8) is 0 Å². The second kappa shape index (κ2) is 12.2. The average Bonchev–Trinajstić information content (AvgIpc) is 2.78. The first-order valence-electron chi connectivity index (χ1n) is 10.3. The third-order valence-corrected chi connectivity index (χ3v) is 4.91. The number of rotatable bonds is 12. The lowest BCUT2D eigenvalue weighted by Gasteiger charge is -2.23. The maximum Gasteiger partial charge on any atom is 0.326 e. The Labute approximate surface area is 190 Å². The van der Waals surface area contributed by atoms with Gasteiger partial charge in [0.1, 0.15) is 17.8 Å². The molecule has 0 saturated heterocycles. The summed E-state index contributed by atoms with van der Waals surface area (Å²) in [5, 5.41) is 32.8. The molecule has 10 heteroatoms. The van der Waals surface area contributed by atoms with Gasteiger partial charge in [-0.05, 0) is 29.7 Å². The molecular weight excluding hydrogens is 430 g/mol. The lowest BCUT2D eigenvalue weighted by molar-refractivity contribution is -0.142. The Morgan fingerprint density at radius 2 is 1.33 bits per heavy atom. The van der Waals surface area contributed by atoms with Gasteiger partial charge in [0.2, 0.25) is 11.8 Å². The molecule has 176 valence electrons. The minimum absolute atomic E-state index is 0.00117. The first-order valence-corrected chi connectivity index (χ1v) is 10.3. The van der Waals surface area contributed by atoms with Crippen LogP contribution in [0.2, 0.25) is 0 Å². The predicted molar refractivity (Wildman–Crippen MR) is 118 cm³/mol. The Hall–Kier alpha value is -3.92. The highest BCUT2D eigenvalue weighted by Gasteiger charge is 2.28. The van der Waals surface area contributed by atoms with Crippen LogP contribution in [0.5, 0.6) is 5.75 Å². The van der Waals surface area contributed by atoms with E-state index in [0.29, 0.717) is 11.1 Å². The molecule has 0 aliphatic heterocycles. The van der Waals surface area contributed by atoms with Gasteiger partial charge < -0.3 is 31.7 Å². The zero-order valence-corrected chi connectivity index (χ0v) is 17.8. The summed E-state index contributed by atoms with van der Waals surface area (Å²) in [6.07, 6.45) is -0.400. The second-order valence-corrected chi connectivity index (χ2v) is 7.56. The third kappa shape index (κ3) is 8.62. The maximum absolute atomic E-state index is 13.0. The first kappa shape index (κ1) is 25.3. The number of aliphatic carboxylic acids is 2. The fourth-order valence-electron chi connectivity index (χ4n) is 3.09. The number of nitrogens with one attached hydrogen (secondary N) is 2. The number of carbonyl (C=O) groups excluding carboxylic acids is 2. The Bertz CT molecular complexity index is 964. The molecule has 0 aliphatic rings. The van der Waals surface area contributed by atoms with Crippen LogP contribution in [0.25, 0.3) is 0 Å². The van der Waals surface area contributed by atoms with Crippen LogP contribution in [0.3, 0.4) is 0 Å². The van der Waals surface area contributed by atoms with E-state index in [0.717, 1.165) is 0 Å². The molecule has 0 unspecified atom stereocenters. The summed E-state index contributed by atoms with van der Waals surface area (Å²) >= 11 is 0. The molecule has 0 fully saturated rings. The van der Waals surface area contributed by atoms with Crippen molar-refractivity contribution in [2.24, 2.45) is 5.73 Å². The standard InChI is InChI=1S/C23H27N3O7/c24-17(10-11-20(28)29)21(30)25-18(12-15-6-8-16(27)9-7-15)22(31)26-19(23(32)33)13-14-4-2-1-3-5-14/h1-9,17-19,27H,10-13,24H2,(H,25,30)(H,26,31)(H,28,29)(H,32,33)/t17-,18-,19-/m0/s1. The molecule has 2 aromatic carbocycles. The number of hydrogen-bond acceptors (Lipinski definition) is 6. The molecule has 2 aromatic rings. The van der Waals surface area contributed by atoms with Crippen molar-refractivity contribution >= 4 is 23.8 Å². The van der Waals surface area contributed by atoms with Crippen molar-refractivity contribution in [3.05, 3.63) is 65.7 Å². The van der Waals surface area contributed by atoms with Gasteiger partial charge in [0.05, 0.1) is 6.04 Å². The highest BCUT2D eigenvalue weighted by Crippen LogP contribution is 2.12. The molecule has 0 spiro atoms. The molecule has 3 atom stereocenters. The van der Waals surface area contributed by atoms with Crippen molar-refractivity contribution < 1.29 is 34.5 Å². The minimum Gasteiger partial charge on any atom is -0.508 e. The fraction of sp³-hybridized carbons (Fsp3) is 0.304. The number of nitrogens with two attached hydrogens (primary N) is 1. The molecule has 0 aromatic heterocycles. The van der Waals surface area contributed by atoms with Crippen LogP contribution >= 0.6 is 0 Å². The van der Waals surface area contributed by atoms with Crippen molar-refractivity contribution in [1.29, 1.82) is 0 Å². The zero-order valence-electron chi connectivity index (χ0n) is 17.8. The Morgan fingerprint density at radius 1 is 0.788 bits per heavy atom. The van der Waals surface area contributed by atoms with Gasteiger partial charge in [-0.25, -0.2) is 4.79 Å². The maximum atomic E-state index is 13.0. The van der Waals surface area contributed by atoms with Gasteiger partial charge in [-0.3, -0.25) is 14.4 Å². The van der Waals surface area contributed by atoms with Crippen LogP contribution < -0.4 is 16.4 Å². The zero-order chi connectivity index (χ0) is 24.4. The highest BCUT2D eigenvalue weighted by molar-refractivity contribution is 5.92. The average molecular weight is 457 g/mol. The summed E-state index contributed by atoms with van der Waals surface area (Å²) in [5.41, 5.74) is 7.05. The van der Waals surface area contributed by atoms with E-state index in [1.165, 1.54) is 12.1 Å². The minimum atomic E-state index is -1.24. The molecule has 7 N–H and O–H groups in total. The molecule has 33 heavy (non-hydrogen) atoms. The molecule has 0 radical (unpaired) electrons. The highest BCUT2D eigenvalue weighted by atomic mass is 16.4. The molecule has 10 nitrogen and oxygen atoms in total. The van der Waals surface area contributed by atoms with Crippen molar-refractivity contribution in [1.82, 2.24) is 10.6 Å². The van der Waals surface area contributed by atoms with E-state index >= 15 is 0 Å². The van der Waals surface area contributed by atoms with E-state index in [-0.39, 0.29) is 31.4 Å². The molecule has 2 amide bonds. The number of carbonyl (C=O) groups is 4. The Morgan fingerprint density at radius 3 is 1.91 bits per heavy atom. The molecule has 0 saturated carbocycles. The van der Waals surface area contributed by atoms with Gasteiger partial charge >= 0.3 is 11.9 Å². The van der Waals surface area contributed by atoms with Crippen LogP contribution in [0.4, 0.5) is 0 Å². The second-order valence-electron chi connectivity index (χ2n) is 7.56. The van der Waals surface area contributed by atoms with Gasteiger partial charge in [0.25, 0.3) is 0 Å². The molecular formula is C23H27N3O7. The largest absolute Gasteiger partial charge is 0.508 e. The number of amides is 2. The summed E-state index contributed by atoms with van der Waals surface area (Å²) in [7, 11) is 0. The van der Waals surface area contributed by atoms with Gasteiger partial charge in [0, 0.05) is 19.3 Å². The van der Waals surface area contributed by atoms with Crippen LogP contribution in [-0.4, -0.2) is 57.2 Å². The summed E-state index contributed by atoms with van der Waals surface area (Å²) in [6.45, 7) is 0. The number of aromatic hydroxyl groups is 1. The molecule has 0 heterocycles. The van der Waals surface area contributed by atoms with Crippen LogP contribution in [0.15, 0.2) is 54.6 Å². The number of carboxylic acids is 2. The summed E-state index contributed by atoms with van der Waals surface area (Å²) in [5.74, 6) is -3.79. The summed E-state index contributed by atoms with van der Waals surface area (Å²) in [6, 6.07) is 11.2. The SMILES string of the molecule is N[C@@H](CCC(=O)O)C(=O)N[C@@H](Cc1ccc(O)cc1)C(=O)N[C@@H](Cc1ccccc1)C(=O)O. The molecule has 0 bridgehead atoms. The lowest BCUT2D eigenvalue weighted by atomic mass is 10.0. The van der Waals surface area contributed by atoms with Crippen LogP contribution in [0.1, 0.15) is 24.0 Å². The number of phenols is 1. The van der Waals surface area contributed by atoms with Gasteiger partial charge in [-0.15, -0.1) is 0 Å². The number of benzene rings is 2. The normalized spacial score (nSPS) is 13.4. The predicted octanol–water partition coefficient (Wildman–Crippen LogP) is 0.424. The molecule has 2 rings (SSSR count). The van der Waals surface area contributed by atoms with E-state index < -0.39 is 41.9 Å². The van der Waals surface area contributed by atoms with E-state index in [1.807, 2.05) is 0 Å². The summed E-state index contributed by atoms with van der Waals surface area (Å²) < 4.78 is 0. The van der Waals surface area contributed by atoms with Gasteiger partial charge in [-0.2, -0.15) is 0 Å². The van der Waals surface area contributed by atoms with E-state index in [9.17, 15) is 29.4 Å². The number of phenolic OH excluding ortho intramolecular Hbond substituents is 1. The van der Waals surface area contributed by atoms with Gasteiger partial charge in [-0.1, -0.05) is 42.5 Å². The van der Waals surface area contributed by atoms with E-state index in [1.54, 1.807) is 42.5 Å². The van der Waals surface area contributed by atoms with Crippen LogP contribution in [-0.2, 0) is 32.0 Å². The Kier molecular flexibility index (Phi) is 9.37. The van der Waals surface area contributed by atoms with Crippen molar-refractivity contribution in [2.45, 2.75) is 43.8 Å². The third-order valence-electron chi connectivity index (χ3n) is 4.91. The lowest BCUT2D eigenvalue weighted by Crippen LogP contribution is -2.55. The Balaban J connectivity index is 2.16. The van der Waals surface area contributed by atoms with Crippen molar-refractivity contribution in [2.75, 3.05) is 0 Å². The van der Waals surface area contributed by atoms with Gasteiger partial charge in [0.15, 0.2) is 0 Å². The number of carboxylic acid groups (broad SMARTS) is 2. The van der Waals surface area contributed by atoms with E-state index in [4.69, 9.17) is 10.8 Å². The molecule has 0 aliphatic carbocycles. The van der Waals surface area contributed by atoms with Crippen LogP contribution in [0, 0.1) is 0 Å². The first-order chi connectivity index (χ1) is 15.7. The smallest absolute Gasteiger partial charge is 0.326 e. The topological polar surface area (TPSA) is 179 Å². The van der Waals surface area contributed by atoms with E-state index in [2.05, 4.69) is 10.6 Å².